The quantitative estimate of drug-likeness (QED) is 0.828. The number of hydrogen-bond acceptors (Lipinski definition) is 4. The summed E-state index contributed by atoms with van der Waals surface area (Å²) in [6.07, 6.45) is 0. The molecule has 1 aromatic rings. The average molecular weight is 273 g/mol. The summed E-state index contributed by atoms with van der Waals surface area (Å²) in [4.78, 5) is 13.7. The Balaban J connectivity index is 3.00. The number of benzene rings is 1. The Morgan fingerprint density at radius 2 is 2.11 bits per heavy atom. The fraction of sp³-hybridized carbons (Fsp3) is 0.417. The molecule has 0 spiro atoms. The summed E-state index contributed by atoms with van der Waals surface area (Å²) in [5.74, 6) is 0.219. The van der Waals surface area contributed by atoms with E-state index in [-0.39, 0.29) is 5.91 Å². The highest BCUT2D eigenvalue weighted by atomic mass is 35.5. The van der Waals surface area contributed by atoms with Crippen LogP contribution in [0.4, 0.5) is 5.69 Å². The van der Waals surface area contributed by atoms with Crippen LogP contribution in [0.3, 0.4) is 0 Å². The Bertz CT molecular complexity index is 438. The zero-order chi connectivity index (χ0) is 13.7. The molecule has 1 aromatic carbocycles. The number of ether oxygens (including phenoxy) is 2. The fourth-order valence-corrected chi connectivity index (χ4v) is 1.60. The third kappa shape index (κ3) is 3.27. The fourth-order valence-electron chi connectivity index (χ4n) is 1.44. The van der Waals surface area contributed by atoms with Gasteiger partial charge in [0, 0.05) is 26.8 Å². The first-order chi connectivity index (χ1) is 8.51. The van der Waals surface area contributed by atoms with Gasteiger partial charge in [-0.3, -0.25) is 4.79 Å². The molecule has 0 saturated heterocycles. The van der Waals surface area contributed by atoms with Gasteiger partial charge in [0.1, 0.15) is 5.75 Å². The maximum absolute atomic E-state index is 12.2. The van der Waals surface area contributed by atoms with E-state index in [1.807, 2.05) is 0 Å². The van der Waals surface area contributed by atoms with Crippen molar-refractivity contribution in [2.45, 2.75) is 0 Å². The van der Waals surface area contributed by atoms with Crippen molar-refractivity contribution < 1.29 is 14.3 Å². The number of carbonyl (C=O) groups is 1. The zero-order valence-electron chi connectivity index (χ0n) is 10.7. The van der Waals surface area contributed by atoms with Crippen LogP contribution in [-0.4, -0.2) is 45.2 Å². The first-order valence-electron chi connectivity index (χ1n) is 5.38. The van der Waals surface area contributed by atoms with Gasteiger partial charge in [0.15, 0.2) is 0 Å². The van der Waals surface area contributed by atoms with E-state index in [1.165, 1.54) is 18.1 Å². The summed E-state index contributed by atoms with van der Waals surface area (Å²) in [7, 11) is 4.75. The lowest BCUT2D eigenvalue weighted by atomic mass is 10.1. The van der Waals surface area contributed by atoms with Crippen molar-refractivity contribution in [3.8, 4) is 5.75 Å². The highest BCUT2D eigenvalue weighted by Crippen LogP contribution is 2.29. The molecule has 0 aliphatic rings. The summed E-state index contributed by atoms with van der Waals surface area (Å²) in [5, 5.41) is 0.333. The molecular weight excluding hydrogens is 256 g/mol. The molecule has 0 saturated carbocycles. The van der Waals surface area contributed by atoms with E-state index in [9.17, 15) is 4.79 Å². The van der Waals surface area contributed by atoms with Crippen molar-refractivity contribution in [3.63, 3.8) is 0 Å². The number of nitrogens with two attached hydrogens (primary N) is 1. The summed E-state index contributed by atoms with van der Waals surface area (Å²) in [6, 6.07) is 3.06. The van der Waals surface area contributed by atoms with Gasteiger partial charge in [-0.25, -0.2) is 0 Å². The van der Waals surface area contributed by atoms with Crippen LogP contribution in [0.15, 0.2) is 12.1 Å². The molecule has 0 atom stereocenters. The Labute approximate surface area is 111 Å². The largest absolute Gasteiger partial charge is 0.496 e. The first kappa shape index (κ1) is 14.6. The summed E-state index contributed by atoms with van der Waals surface area (Å²) < 4.78 is 10.1. The lowest BCUT2D eigenvalue weighted by Gasteiger charge is -2.18. The van der Waals surface area contributed by atoms with Crippen LogP contribution in [-0.2, 0) is 4.74 Å². The second kappa shape index (κ2) is 6.47. The van der Waals surface area contributed by atoms with Gasteiger partial charge in [-0.2, -0.15) is 0 Å². The van der Waals surface area contributed by atoms with Crippen molar-refractivity contribution in [1.29, 1.82) is 0 Å². The molecule has 0 unspecified atom stereocenters. The molecule has 5 nitrogen and oxygen atoms in total. The lowest BCUT2D eigenvalue weighted by molar-refractivity contribution is 0.0741. The van der Waals surface area contributed by atoms with E-state index in [0.29, 0.717) is 35.2 Å². The molecule has 100 valence electrons. The van der Waals surface area contributed by atoms with Gasteiger partial charge in [0.2, 0.25) is 0 Å². The number of hydrogen-bond donors (Lipinski definition) is 1. The van der Waals surface area contributed by atoms with Gasteiger partial charge >= 0.3 is 0 Å². The number of rotatable bonds is 5. The van der Waals surface area contributed by atoms with Crippen molar-refractivity contribution in [3.05, 3.63) is 22.7 Å². The normalized spacial score (nSPS) is 10.2. The van der Waals surface area contributed by atoms with Gasteiger partial charge in [0.25, 0.3) is 5.91 Å². The molecular formula is C12H17ClN2O3. The van der Waals surface area contributed by atoms with E-state index < -0.39 is 0 Å². The van der Waals surface area contributed by atoms with Crippen LogP contribution >= 0.6 is 11.6 Å². The van der Waals surface area contributed by atoms with Crippen molar-refractivity contribution in [2.75, 3.05) is 40.2 Å². The molecule has 0 heterocycles. The number of anilines is 1. The first-order valence-corrected chi connectivity index (χ1v) is 5.76. The van der Waals surface area contributed by atoms with Crippen LogP contribution in [0.2, 0.25) is 5.02 Å². The molecule has 0 fully saturated rings. The van der Waals surface area contributed by atoms with Crippen LogP contribution in [0, 0.1) is 0 Å². The van der Waals surface area contributed by atoms with Crippen LogP contribution in [0.1, 0.15) is 10.4 Å². The SMILES string of the molecule is COCCN(C)C(=O)c1cc(Cl)c(N)cc1OC. The van der Waals surface area contributed by atoms with Gasteiger partial charge in [0.05, 0.1) is 30.0 Å². The van der Waals surface area contributed by atoms with Gasteiger partial charge in [-0.05, 0) is 6.07 Å². The van der Waals surface area contributed by atoms with E-state index in [4.69, 9.17) is 26.8 Å². The summed E-state index contributed by atoms with van der Waals surface area (Å²) in [6.45, 7) is 0.952. The Morgan fingerprint density at radius 3 is 2.67 bits per heavy atom. The smallest absolute Gasteiger partial charge is 0.257 e. The number of likely N-dealkylation sites (N-methyl/N-ethyl adjacent to an activating group) is 1. The third-order valence-corrected chi connectivity index (χ3v) is 2.85. The zero-order valence-corrected chi connectivity index (χ0v) is 11.5. The molecule has 1 amide bonds. The monoisotopic (exact) mass is 272 g/mol. The summed E-state index contributed by atoms with van der Waals surface area (Å²) >= 11 is 5.92. The molecule has 0 bridgehead atoms. The van der Waals surface area contributed by atoms with E-state index >= 15 is 0 Å². The molecule has 1 rings (SSSR count). The molecule has 0 aromatic heterocycles. The summed E-state index contributed by atoms with van der Waals surface area (Å²) in [5.41, 5.74) is 6.43. The van der Waals surface area contributed by atoms with Crippen LogP contribution in [0.5, 0.6) is 5.75 Å². The van der Waals surface area contributed by atoms with Crippen LogP contribution in [0.25, 0.3) is 0 Å². The highest BCUT2D eigenvalue weighted by molar-refractivity contribution is 6.33. The number of nitrogens with zero attached hydrogens (tertiary/aromatic N) is 1. The van der Waals surface area contributed by atoms with Crippen molar-refractivity contribution in [1.82, 2.24) is 4.90 Å². The topological polar surface area (TPSA) is 64.8 Å². The molecule has 0 aliphatic heterocycles. The predicted molar refractivity (Wildman–Crippen MR) is 71.3 cm³/mol. The second-order valence-corrected chi connectivity index (χ2v) is 4.20. The van der Waals surface area contributed by atoms with Crippen molar-refractivity contribution >= 4 is 23.2 Å². The Hall–Kier alpha value is -1.46. The lowest BCUT2D eigenvalue weighted by Crippen LogP contribution is -2.30. The standard InChI is InChI=1S/C12H17ClN2O3/c1-15(4-5-17-2)12(16)8-6-9(13)10(14)7-11(8)18-3/h6-7H,4-5,14H2,1-3H3. The van der Waals surface area contributed by atoms with E-state index in [1.54, 1.807) is 20.2 Å². The minimum Gasteiger partial charge on any atom is -0.496 e. The molecule has 2 N–H and O–H groups in total. The molecule has 0 radical (unpaired) electrons. The number of methoxy groups -OCH3 is 2. The highest BCUT2D eigenvalue weighted by Gasteiger charge is 2.18. The van der Waals surface area contributed by atoms with Crippen molar-refractivity contribution in [2.24, 2.45) is 0 Å². The van der Waals surface area contributed by atoms with E-state index in [0.717, 1.165) is 0 Å². The molecule has 6 heteroatoms. The molecule has 18 heavy (non-hydrogen) atoms. The van der Waals surface area contributed by atoms with Gasteiger partial charge in [-0.15, -0.1) is 0 Å². The third-order valence-electron chi connectivity index (χ3n) is 2.53. The minimum absolute atomic E-state index is 0.189. The minimum atomic E-state index is -0.189. The Morgan fingerprint density at radius 1 is 1.44 bits per heavy atom. The van der Waals surface area contributed by atoms with E-state index in [2.05, 4.69) is 0 Å². The number of amides is 1. The predicted octanol–water partition coefficient (Wildman–Crippen LogP) is 1.65. The average Bonchev–Trinajstić information content (AvgIpc) is 2.37. The maximum Gasteiger partial charge on any atom is 0.257 e. The van der Waals surface area contributed by atoms with Crippen LogP contribution < -0.4 is 10.5 Å². The number of nitrogen functional groups attached to an aromatic ring is 1. The van der Waals surface area contributed by atoms with Gasteiger partial charge in [-0.1, -0.05) is 11.6 Å². The number of carbonyl (C=O) groups excluding carboxylic acids is 1. The molecule has 0 aliphatic carbocycles. The Kier molecular flexibility index (Phi) is 5.25. The number of halogens is 1. The van der Waals surface area contributed by atoms with Gasteiger partial charge < -0.3 is 20.1 Å². The second-order valence-electron chi connectivity index (χ2n) is 3.79. The maximum atomic E-state index is 12.2.